The maximum absolute atomic E-state index is 12.9. The largest absolute Gasteiger partial charge is 0.494 e. The summed E-state index contributed by atoms with van der Waals surface area (Å²) in [4.78, 5) is 35.9. The summed E-state index contributed by atoms with van der Waals surface area (Å²) in [6, 6.07) is 11.7. The van der Waals surface area contributed by atoms with Crippen molar-refractivity contribution in [1.82, 2.24) is 24.0 Å². The number of fused-ring (bicyclic) bond motifs is 1. The second-order valence-corrected chi connectivity index (χ2v) is 8.17. The van der Waals surface area contributed by atoms with Crippen molar-refractivity contribution in [3.63, 3.8) is 0 Å². The number of aryl methyl sites for hydroxylation is 1. The van der Waals surface area contributed by atoms with E-state index in [-0.39, 0.29) is 47.5 Å². The second-order valence-electron chi connectivity index (χ2n) is 8.17. The number of nitro groups is 1. The summed E-state index contributed by atoms with van der Waals surface area (Å²) in [6.45, 7) is -1.90. The van der Waals surface area contributed by atoms with Gasteiger partial charge < -0.3 is 19.9 Å². The summed E-state index contributed by atoms with van der Waals surface area (Å²) in [5.41, 5.74) is 1.38. The number of nitrogens with one attached hydrogen (secondary N) is 1. The van der Waals surface area contributed by atoms with E-state index in [0.717, 1.165) is 5.52 Å². The molecule has 36 heavy (non-hydrogen) atoms. The molecule has 0 saturated carbocycles. The highest BCUT2D eigenvalue weighted by molar-refractivity contribution is 5.78. The number of imidazole rings is 1. The maximum Gasteiger partial charge on any atom is 0.334 e. The Morgan fingerprint density at radius 1 is 1.19 bits per heavy atom. The number of benzene rings is 2. The molecule has 0 aliphatic carbocycles. The number of rotatable bonds is 9. The van der Waals surface area contributed by atoms with Gasteiger partial charge >= 0.3 is 5.69 Å². The fourth-order valence-corrected chi connectivity index (χ4v) is 3.87. The minimum Gasteiger partial charge on any atom is -0.494 e. The van der Waals surface area contributed by atoms with Gasteiger partial charge in [0.05, 0.1) is 28.8 Å². The number of ether oxygens (including phenoxy) is 1. The van der Waals surface area contributed by atoms with Crippen LogP contribution < -0.4 is 20.6 Å². The molecule has 12 nitrogen and oxygen atoms in total. The minimum atomic E-state index is -2.27. The summed E-state index contributed by atoms with van der Waals surface area (Å²) < 4.78 is 30.9. The van der Waals surface area contributed by atoms with Gasteiger partial charge in [0.2, 0.25) is 5.95 Å². The van der Waals surface area contributed by atoms with E-state index in [1.165, 1.54) is 46.5 Å². The summed E-state index contributed by atoms with van der Waals surface area (Å²) >= 11 is 0. The molecule has 0 saturated heterocycles. The van der Waals surface area contributed by atoms with Crippen LogP contribution in [-0.4, -0.2) is 70.2 Å². The first kappa shape index (κ1) is 20.9. The van der Waals surface area contributed by atoms with Crippen LogP contribution in [0.1, 0.15) is 4.11 Å². The normalized spacial score (nSPS) is 12.8. The quantitative estimate of drug-likeness (QED) is 0.276. The molecule has 0 amide bonds. The molecule has 4 aromatic rings. The molecule has 188 valence electrons. The van der Waals surface area contributed by atoms with Crippen molar-refractivity contribution in [3.05, 3.63) is 69.3 Å². The van der Waals surface area contributed by atoms with Gasteiger partial charge in [-0.2, -0.15) is 4.98 Å². The number of likely N-dealkylation sites (N-methyl/N-ethyl adjacent to an activating group) is 2. The molecule has 0 aliphatic heterocycles. The molecule has 0 spiro atoms. The van der Waals surface area contributed by atoms with E-state index < -0.39 is 11.9 Å². The zero-order valence-corrected chi connectivity index (χ0v) is 20.3. The Bertz CT molecular complexity index is 1580. The molecular formula is C24H28N8O4. The molecule has 1 N–H and O–H groups in total. The van der Waals surface area contributed by atoms with Crippen LogP contribution in [0, 0.1) is 10.1 Å². The van der Waals surface area contributed by atoms with Crippen LogP contribution >= 0.6 is 0 Å². The summed E-state index contributed by atoms with van der Waals surface area (Å²) in [7, 11) is 6.19. The number of hydrogen-bond donors (Lipinski definition) is 1. The van der Waals surface area contributed by atoms with Gasteiger partial charge in [-0.25, -0.2) is 14.3 Å². The van der Waals surface area contributed by atoms with Gasteiger partial charge in [0.1, 0.15) is 17.3 Å². The van der Waals surface area contributed by atoms with E-state index in [0.29, 0.717) is 11.3 Å². The molecule has 0 unspecified atom stereocenters. The molecule has 0 fully saturated rings. The zero-order chi connectivity index (χ0) is 28.5. The third-order valence-corrected chi connectivity index (χ3v) is 5.75. The molecule has 4 rings (SSSR count). The first-order valence-electron chi connectivity index (χ1n) is 12.5. The summed E-state index contributed by atoms with van der Waals surface area (Å²) in [6.07, 6.45) is 1.48. The van der Waals surface area contributed by atoms with E-state index in [4.69, 9.17) is 8.85 Å². The number of para-hydroxylation sites is 2. The Labute approximate surface area is 211 Å². The molecule has 0 bridgehead atoms. The number of aromatic nitrogens is 4. The molecule has 2 aromatic carbocycles. The van der Waals surface area contributed by atoms with Gasteiger partial charge in [-0.15, -0.1) is 0 Å². The van der Waals surface area contributed by atoms with Crippen molar-refractivity contribution >= 4 is 34.0 Å². The van der Waals surface area contributed by atoms with E-state index in [2.05, 4.69) is 15.3 Å². The van der Waals surface area contributed by atoms with Gasteiger partial charge in [-0.05, 0) is 26.2 Å². The van der Waals surface area contributed by atoms with Crippen molar-refractivity contribution in [2.24, 2.45) is 7.05 Å². The van der Waals surface area contributed by atoms with Crippen LogP contribution in [-0.2, 0) is 7.05 Å². The fraction of sp³-hybridized carbons (Fsp3) is 0.292. The Hall–Kier alpha value is -4.45. The third-order valence-electron chi connectivity index (χ3n) is 5.75. The van der Waals surface area contributed by atoms with Gasteiger partial charge in [-0.3, -0.25) is 14.7 Å². The Kier molecular flexibility index (Phi) is 5.82. The number of hydrogen-bond acceptors (Lipinski definition) is 9. The highest BCUT2D eigenvalue weighted by Gasteiger charge is 2.22. The third kappa shape index (κ3) is 4.70. The van der Waals surface area contributed by atoms with Crippen molar-refractivity contribution in [1.29, 1.82) is 0 Å². The predicted octanol–water partition coefficient (Wildman–Crippen LogP) is 2.78. The first-order chi connectivity index (χ1) is 18.4. The zero-order valence-electron chi connectivity index (χ0n) is 23.3. The van der Waals surface area contributed by atoms with E-state index in [1.807, 2.05) is 24.3 Å². The van der Waals surface area contributed by atoms with E-state index >= 15 is 0 Å². The SMILES string of the molecule is [2H]C([2H])([2H])N(C)CCN(C)c1cc(OC)c(Nc2nccc(-n3c(=O)n(C)c4ccccc43)n2)cc1[N+](=O)[O-]. The highest BCUT2D eigenvalue weighted by Crippen LogP contribution is 2.38. The van der Waals surface area contributed by atoms with Crippen molar-refractivity contribution < 1.29 is 13.8 Å². The lowest BCUT2D eigenvalue weighted by molar-refractivity contribution is -0.384. The predicted molar refractivity (Wildman–Crippen MR) is 139 cm³/mol. The molecular weight excluding hydrogens is 464 g/mol. The van der Waals surface area contributed by atoms with Crippen LogP contribution in [0.2, 0.25) is 0 Å². The Balaban J connectivity index is 1.68. The topological polar surface area (TPSA) is 124 Å². The lowest BCUT2D eigenvalue weighted by Crippen LogP contribution is -2.29. The summed E-state index contributed by atoms with van der Waals surface area (Å²) in [5.74, 6) is 0.695. The minimum absolute atomic E-state index is 0.0975. The molecule has 2 heterocycles. The average Bonchev–Trinajstić information content (AvgIpc) is 3.16. The maximum atomic E-state index is 12.9. The standard InChI is InChI=1S/C24H28N8O4/c1-28(2)12-13-29(3)19-15-21(36-5)16(14-20(19)32(34)35)26-23-25-11-10-22(27-23)31-18-9-7-6-8-17(18)30(4)24(31)33/h6-11,14-15H,12-13H2,1-5H3,(H,25,26,27)/i1D3. The molecule has 0 aliphatic rings. The molecule has 0 atom stereocenters. The van der Waals surface area contributed by atoms with E-state index in [9.17, 15) is 14.9 Å². The number of anilines is 3. The first-order valence-corrected chi connectivity index (χ1v) is 11.0. The van der Waals surface area contributed by atoms with Crippen molar-refractivity contribution in [2.75, 3.05) is 51.5 Å². The van der Waals surface area contributed by atoms with Crippen molar-refractivity contribution in [3.8, 4) is 11.6 Å². The number of nitrogens with zero attached hydrogens (tertiary/aromatic N) is 7. The van der Waals surface area contributed by atoms with Crippen LogP contribution in [0.5, 0.6) is 5.75 Å². The van der Waals surface area contributed by atoms with Gasteiger partial charge in [0.25, 0.3) is 5.69 Å². The van der Waals surface area contributed by atoms with Gasteiger partial charge in [0, 0.05) is 55.7 Å². The molecule has 0 radical (unpaired) electrons. The van der Waals surface area contributed by atoms with E-state index in [1.54, 1.807) is 25.1 Å². The van der Waals surface area contributed by atoms with Crippen molar-refractivity contribution in [2.45, 2.75) is 0 Å². The number of methoxy groups -OCH3 is 1. The Morgan fingerprint density at radius 3 is 2.64 bits per heavy atom. The lowest BCUT2D eigenvalue weighted by atomic mass is 10.2. The fourth-order valence-electron chi connectivity index (χ4n) is 3.87. The summed E-state index contributed by atoms with van der Waals surface area (Å²) in [5, 5.41) is 14.9. The van der Waals surface area contributed by atoms with Crippen LogP contribution in [0.15, 0.2) is 53.5 Å². The number of nitro benzene ring substituents is 1. The van der Waals surface area contributed by atoms with Crippen LogP contribution in [0.4, 0.5) is 23.0 Å². The molecule has 2 aromatic heterocycles. The smallest absolute Gasteiger partial charge is 0.334 e. The average molecular weight is 496 g/mol. The van der Waals surface area contributed by atoms with Gasteiger partial charge in [0.15, 0.2) is 0 Å². The van der Waals surface area contributed by atoms with Crippen LogP contribution in [0.3, 0.4) is 0 Å². The monoisotopic (exact) mass is 495 g/mol. The lowest BCUT2D eigenvalue weighted by Gasteiger charge is -2.22. The molecule has 12 heteroatoms. The second kappa shape index (κ2) is 10.0. The van der Waals surface area contributed by atoms with Gasteiger partial charge in [-0.1, -0.05) is 12.1 Å². The highest BCUT2D eigenvalue weighted by atomic mass is 16.6. The Morgan fingerprint density at radius 2 is 1.94 bits per heavy atom. The van der Waals surface area contributed by atoms with Crippen LogP contribution in [0.25, 0.3) is 16.9 Å².